The van der Waals surface area contributed by atoms with Crippen LogP contribution in [-0.2, 0) is 21.2 Å². The lowest BCUT2D eigenvalue weighted by Crippen LogP contribution is -2.33. The van der Waals surface area contributed by atoms with Crippen LogP contribution in [0.25, 0.3) is 0 Å². The van der Waals surface area contributed by atoms with Crippen molar-refractivity contribution in [2.24, 2.45) is 0 Å². The molecule has 1 aliphatic rings. The monoisotopic (exact) mass is 528 g/mol. The van der Waals surface area contributed by atoms with Gasteiger partial charge in [-0.3, -0.25) is 9.52 Å². The molecule has 1 aliphatic heterocycles. The highest BCUT2D eigenvalue weighted by atomic mass is 79.9. The number of carbonyl (C=O) groups excluding carboxylic acids is 1. The number of amides is 1. The van der Waals surface area contributed by atoms with Crippen LogP contribution in [0, 0.1) is 20.8 Å². The minimum absolute atomic E-state index is 0.122. The molecule has 0 unspecified atom stereocenters. The van der Waals surface area contributed by atoms with E-state index >= 15 is 0 Å². The first-order chi connectivity index (χ1) is 15.6. The fourth-order valence-electron chi connectivity index (χ4n) is 3.82. The molecule has 0 saturated carbocycles. The molecule has 1 amide bonds. The molecule has 0 fully saturated rings. The van der Waals surface area contributed by atoms with E-state index < -0.39 is 10.0 Å². The summed E-state index contributed by atoms with van der Waals surface area (Å²) in [5.41, 5.74) is 5.28. The van der Waals surface area contributed by atoms with Crippen LogP contribution in [0.4, 0.5) is 11.4 Å². The maximum absolute atomic E-state index is 12.8. The van der Waals surface area contributed by atoms with Gasteiger partial charge in [0, 0.05) is 22.4 Å². The van der Waals surface area contributed by atoms with Crippen molar-refractivity contribution in [3.05, 3.63) is 81.3 Å². The Morgan fingerprint density at radius 3 is 2.52 bits per heavy atom. The van der Waals surface area contributed by atoms with E-state index in [0.29, 0.717) is 23.5 Å². The largest absolute Gasteiger partial charge is 0.483 e. The van der Waals surface area contributed by atoms with Gasteiger partial charge in [-0.15, -0.1) is 0 Å². The Morgan fingerprint density at radius 1 is 1.00 bits per heavy atom. The highest BCUT2D eigenvalue weighted by molar-refractivity contribution is 9.10. The van der Waals surface area contributed by atoms with E-state index in [4.69, 9.17) is 4.74 Å². The molecule has 172 valence electrons. The van der Waals surface area contributed by atoms with Crippen molar-refractivity contribution in [3.63, 3.8) is 0 Å². The van der Waals surface area contributed by atoms with E-state index in [1.807, 2.05) is 38.1 Å². The van der Waals surface area contributed by atoms with Gasteiger partial charge in [0.25, 0.3) is 15.9 Å². The molecule has 4 rings (SSSR count). The van der Waals surface area contributed by atoms with Gasteiger partial charge in [-0.1, -0.05) is 22.0 Å². The van der Waals surface area contributed by atoms with Gasteiger partial charge in [-0.2, -0.15) is 0 Å². The van der Waals surface area contributed by atoms with Crippen molar-refractivity contribution in [2.45, 2.75) is 32.1 Å². The lowest BCUT2D eigenvalue weighted by atomic mass is 10.1. The summed E-state index contributed by atoms with van der Waals surface area (Å²) < 4.78 is 35.0. The average Bonchev–Trinajstić information content (AvgIpc) is 3.18. The van der Waals surface area contributed by atoms with E-state index in [1.54, 1.807) is 36.1 Å². The fourth-order valence-corrected chi connectivity index (χ4v) is 5.36. The van der Waals surface area contributed by atoms with Gasteiger partial charge < -0.3 is 9.64 Å². The molecule has 1 N–H and O–H groups in total. The molecule has 6 nitrogen and oxygen atoms in total. The number of sulfonamides is 1. The molecule has 33 heavy (non-hydrogen) atoms. The predicted molar refractivity (Wildman–Crippen MR) is 134 cm³/mol. The van der Waals surface area contributed by atoms with E-state index in [0.717, 1.165) is 33.3 Å². The van der Waals surface area contributed by atoms with Crippen molar-refractivity contribution >= 4 is 43.2 Å². The molecule has 3 aromatic carbocycles. The molecule has 8 heteroatoms. The SMILES string of the molecule is Cc1ccc(NS(=O)(=O)c2ccc(OCC(=O)N3CCc4cc(Br)ccc43)c(C)c2)cc1C. The van der Waals surface area contributed by atoms with E-state index in [-0.39, 0.29) is 17.4 Å². The van der Waals surface area contributed by atoms with Crippen LogP contribution in [0.1, 0.15) is 22.3 Å². The van der Waals surface area contributed by atoms with Gasteiger partial charge in [0.2, 0.25) is 0 Å². The molecule has 1 heterocycles. The second kappa shape index (κ2) is 9.19. The van der Waals surface area contributed by atoms with Gasteiger partial charge in [0.05, 0.1) is 4.90 Å². The number of hydrogen-bond donors (Lipinski definition) is 1. The zero-order chi connectivity index (χ0) is 23.8. The van der Waals surface area contributed by atoms with Gasteiger partial charge in [-0.25, -0.2) is 8.42 Å². The van der Waals surface area contributed by atoms with E-state index in [9.17, 15) is 13.2 Å². The summed E-state index contributed by atoms with van der Waals surface area (Å²) in [7, 11) is -3.75. The minimum Gasteiger partial charge on any atom is -0.483 e. The predicted octanol–water partition coefficient (Wildman–Crippen LogP) is 5.14. The first-order valence-electron chi connectivity index (χ1n) is 10.6. The molecule has 3 aromatic rings. The third-order valence-electron chi connectivity index (χ3n) is 5.81. The number of anilines is 2. The normalized spacial score (nSPS) is 13.0. The summed E-state index contributed by atoms with van der Waals surface area (Å²) in [6.07, 6.45) is 0.805. The number of nitrogens with zero attached hydrogens (tertiary/aromatic N) is 1. The van der Waals surface area contributed by atoms with Crippen molar-refractivity contribution in [3.8, 4) is 5.75 Å². The van der Waals surface area contributed by atoms with Crippen LogP contribution >= 0.6 is 15.9 Å². The van der Waals surface area contributed by atoms with Gasteiger partial charge >= 0.3 is 0 Å². The second-order valence-electron chi connectivity index (χ2n) is 8.19. The first-order valence-corrected chi connectivity index (χ1v) is 12.8. The number of halogens is 1. The number of fused-ring (bicyclic) bond motifs is 1. The van der Waals surface area contributed by atoms with Crippen LogP contribution < -0.4 is 14.4 Å². The van der Waals surface area contributed by atoms with E-state index in [1.165, 1.54) is 6.07 Å². The quantitative estimate of drug-likeness (QED) is 0.480. The summed E-state index contributed by atoms with van der Waals surface area (Å²) in [5, 5.41) is 0. The summed E-state index contributed by atoms with van der Waals surface area (Å²) in [6.45, 7) is 6.17. The lowest BCUT2D eigenvalue weighted by Gasteiger charge is -2.18. The van der Waals surface area contributed by atoms with Crippen molar-refractivity contribution in [1.29, 1.82) is 0 Å². The van der Waals surface area contributed by atoms with E-state index in [2.05, 4.69) is 20.7 Å². The van der Waals surface area contributed by atoms with Crippen LogP contribution in [0.2, 0.25) is 0 Å². The number of carbonyl (C=O) groups is 1. The topological polar surface area (TPSA) is 75.7 Å². The third-order valence-corrected chi connectivity index (χ3v) is 7.68. The molecule has 0 aromatic heterocycles. The standard InChI is InChI=1S/C25H25BrN2O4S/c1-16-4-6-21(12-17(16)2)27-33(30,31)22-7-9-24(18(3)13-22)32-15-25(29)28-11-10-19-14-20(26)5-8-23(19)28/h4-9,12-14,27H,10-11,15H2,1-3H3. The number of nitrogens with one attached hydrogen (secondary N) is 1. The number of ether oxygens (including phenoxy) is 1. The van der Waals surface area contributed by atoms with Gasteiger partial charge in [-0.05, 0) is 98.0 Å². The molecule has 0 atom stereocenters. The summed E-state index contributed by atoms with van der Waals surface area (Å²) in [6, 6.07) is 15.9. The summed E-state index contributed by atoms with van der Waals surface area (Å²) in [5.74, 6) is 0.340. The minimum atomic E-state index is -3.75. The zero-order valence-corrected chi connectivity index (χ0v) is 21.1. The molecule has 0 spiro atoms. The Kier molecular flexibility index (Phi) is 6.50. The van der Waals surface area contributed by atoms with Gasteiger partial charge in [0.1, 0.15) is 5.75 Å². The number of hydrogen-bond acceptors (Lipinski definition) is 4. The molecule has 0 radical (unpaired) electrons. The molecule has 0 bridgehead atoms. The smallest absolute Gasteiger partial charge is 0.264 e. The molecular weight excluding hydrogens is 504 g/mol. The first kappa shape index (κ1) is 23.3. The average molecular weight is 529 g/mol. The lowest BCUT2D eigenvalue weighted by molar-refractivity contribution is -0.120. The number of rotatable bonds is 6. The Hall–Kier alpha value is -2.84. The Labute approximate surface area is 202 Å². The second-order valence-corrected chi connectivity index (χ2v) is 10.8. The highest BCUT2D eigenvalue weighted by Crippen LogP contribution is 2.31. The Morgan fingerprint density at radius 2 is 1.79 bits per heavy atom. The van der Waals surface area contributed by atoms with Crippen LogP contribution in [0.5, 0.6) is 5.75 Å². The van der Waals surface area contributed by atoms with Crippen molar-refractivity contribution in [2.75, 3.05) is 22.8 Å². The maximum Gasteiger partial charge on any atom is 0.264 e. The molecule has 0 aliphatic carbocycles. The van der Waals surface area contributed by atoms with Crippen LogP contribution in [0.3, 0.4) is 0 Å². The zero-order valence-electron chi connectivity index (χ0n) is 18.7. The summed E-state index contributed by atoms with van der Waals surface area (Å²) in [4.78, 5) is 14.6. The Balaban J connectivity index is 1.43. The van der Waals surface area contributed by atoms with Crippen molar-refractivity contribution < 1.29 is 17.9 Å². The van der Waals surface area contributed by atoms with Crippen molar-refractivity contribution in [1.82, 2.24) is 0 Å². The summed E-state index contributed by atoms with van der Waals surface area (Å²) >= 11 is 3.46. The number of aryl methyl sites for hydroxylation is 3. The maximum atomic E-state index is 12.8. The van der Waals surface area contributed by atoms with Gasteiger partial charge in [0.15, 0.2) is 6.61 Å². The highest BCUT2D eigenvalue weighted by Gasteiger charge is 2.25. The third kappa shape index (κ3) is 5.07. The fraction of sp³-hybridized carbons (Fsp3) is 0.240. The molecular formula is C25H25BrN2O4S. The number of benzene rings is 3. The molecule has 0 saturated heterocycles. The Bertz CT molecular complexity index is 1340. The van der Waals surface area contributed by atoms with Crippen LogP contribution in [0.15, 0.2) is 64.0 Å². The van der Waals surface area contributed by atoms with Crippen LogP contribution in [-0.4, -0.2) is 27.5 Å².